The van der Waals surface area contributed by atoms with Gasteiger partial charge in [-0.05, 0) is 26.0 Å². The van der Waals surface area contributed by atoms with E-state index in [9.17, 15) is 4.79 Å². The quantitative estimate of drug-likeness (QED) is 0.810. The molecule has 3 rings (SSSR count). The molecule has 0 saturated carbocycles. The van der Waals surface area contributed by atoms with Crippen LogP contribution in [-0.2, 0) is 0 Å². The van der Waals surface area contributed by atoms with Crippen molar-refractivity contribution in [1.82, 2.24) is 4.90 Å². The van der Waals surface area contributed by atoms with Gasteiger partial charge < -0.3 is 4.90 Å². The zero-order chi connectivity index (χ0) is 16.2. The number of carbonyl (C=O) groups is 1. The molecular weight excluding hydrogens is 284 g/mol. The number of aryl methyl sites for hydroxylation is 2. The summed E-state index contributed by atoms with van der Waals surface area (Å²) in [6, 6.07) is 16.5. The van der Waals surface area contributed by atoms with E-state index in [1.54, 1.807) is 0 Å². The number of piperazine rings is 1. The minimum Gasteiger partial charge on any atom is -0.369 e. The third kappa shape index (κ3) is 3.99. The normalized spacial score (nSPS) is 15.7. The smallest absolute Gasteiger partial charge is 0.176 e. The van der Waals surface area contributed by atoms with E-state index in [4.69, 9.17) is 0 Å². The van der Waals surface area contributed by atoms with Crippen LogP contribution in [0.25, 0.3) is 0 Å². The average molecular weight is 308 g/mol. The molecule has 1 aliphatic heterocycles. The van der Waals surface area contributed by atoms with Crippen LogP contribution in [0.1, 0.15) is 21.5 Å². The minimum atomic E-state index is 0.216. The van der Waals surface area contributed by atoms with E-state index in [-0.39, 0.29) is 5.78 Å². The summed E-state index contributed by atoms with van der Waals surface area (Å²) in [4.78, 5) is 17.0. The summed E-state index contributed by atoms with van der Waals surface area (Å²) < 4.78 is 0. The maximum Gasteiger partial charge on any atom is 0.176 e. The maximum atomic E-state index is 12.4. The first kappa shape index (κ1) is 15.8. The van der Waals surface area contributed by atoms with Crippen LogP contribution < -0.4 is 4.90 Å². The van der Waals surface area contributed by atoms with E-state index < -0.39 is 0 Å². The van der Waals surface area contributed by atoms with Gasteiger partial charge in [0, 0.05) is 37.4 Å². The van der Waals surface area contributed by atoms with E-state index in [0.29, 0.717) is 6.54 Å². The number of carbonyl (C=O) groups excluding carboxylic acids is 1. The van der Waals surface area contributed by atoms with Crippen molar-refractivity contribution in [3.8, 4) is 0 Å². The highest BCUT2D eigenvalue weighted by Gasteiger charge is 2.19. The topological polar surface area (TPSA) is 23.6 Å². The van der Waals surface area contributed by atoms with Gasteiger partial charge in [-0.1, -0.05) is 47.5 Å². The molecule has 0 aliphatic carbocycles. The fourth-order valence-corrected chi connectivity index (χ4v) is 2.95. The van der Waals surface area contributed by atoms with Crippen LogP contribution in [0.2, 0.25) is 0 Å². The number of Topliss-reactive ketones (excluding diaryl/α,β-unsaturated/α-hetero) is 1. The second-order valence-corrected chi connectivity index (χ2v) is 6.39. The van der Waals surface area contributed by atoms with Crippen molar-refractivity contribution in [3.63, 3.8) is 0 Å². The Morgan fingerprint density at radius 3 is 1.91 bits per heavy atom. The molecule has 1 saturated heterocycles. The lowest BCUT2D eigenvalue weighted by Crippen LogP contribution is -2.48. The van der Waals surface area contributed by atoms with Gasteiger partial charge >= 0.3 is 0 Å². The Labute approximate surface area is 138 Å². The highest BCUT2D eigenvalue weighted by molar-refractivity contribution is 5.97. The molecule has 0 spiro atoms. The molecule has 23 heavy (non-hydrogen) atoms. The van der Waals surface area contributed by atoms with Crippen molar-refractivity contribution in [1.29, 1.82) is 0 Å². The van der Waals surface area contributed by atoms with Crippen molar-refractivity contribution >= 4 is 11.5 Å². The molecule has 2 aromatic carbocycles. The number of nitrogens with zero attached hydrogens (tertiary/aromatic N) is 2. The third-order valence-corrected chi connectivity index (χ3v) is 4.51. The van der Waals surface area contributed by atoms with Crippen LogP contribution in [0, 0.1) is 13.8 Å². The molecule has 2 aromatic rings. The summed E-state index contributed by atoms with van der Waals surface area (Å²) in [7, 11) is 0. The van der Waals surface area contributed by atoms with Crippen molar-refractivity contribution in [2.24, 2.45) is 0 Å². The van der Waals surface area contributed by atoms with Crippen molar-refractivity contribution < 1.29 is 4.79 Å². The molecule has 0 atom stereocenters. The second kappa shape index (κ2) is 6.97. The van der Waals surface area contributed by atoms with Crippen LogP contribution in [0.3, 0.4) is 0 Å². The summed E-state index contributed by atoms with van der Waals surface area (Å²) in [5.41, 5.74) is 4.57. The summed E-state index contributed by atoms with van der Waals surface area (Å²) in [5, 5.41) is 0. The van der Waals surface area contributed by atoms with Crippen LogP contribution in [-0.4, -0.2) is 43.4 Å². The summed E-state index contributed by atoms with van der Waals surface area (Å²) in [6.07, 6.45) is 0. The van der Waals surface area contributed by atoms with Crippen LogP contribution in [0.5, 0.6) is 0 Å². The minimum absolute atomic E-state index is 0.216. The zero-order valence-electron chi connectivity index (χ0n) is 14.0. The highest BCUT2D eigenvalue weighted by atomic mass is 16.1. The van der Waals surface area contributed by atoms with E-state index in [1.807, 2.05) is 31.2 Å². The SMILES string of the molecule is Cc1ccc(C(=O)CN2CCN(c3ccc(C)cc3)CC2)cc1. The predicted molar refractivity (Wildman–Crippen MR) is 95.3 cm³/mol. The molecule has 0 unspecified atom stereocenters. The van der Waals surface area contributed by atoms with Crippen LogP contribution in [0.15, 0.2) is 48.5 Å². The first-order valence-corrected chi connectivity index (χ1v) is 8.26. The molecule has 120 valence electrons. The predicted octanol–water partition coefficient (Wildman–Crippen LogP) is 3.31. The molecule has 1 aliphatic rings. The Morgan fingerprint density at radius 2 is 1.35 bits per heavy atom. The van der Waals surface area contributed by atoms with E-state index in [0.717, 1.165) is 31.7 Å². The Morgan fingerprint density at radius 1 is 0.826 bits per heavy atom. The summed E-state index contributed by atoms with van der Waals surface area (Å²) in [5.74, 6) is 0.216. The van der Waals surface area contributed by atoms with Gasteiger partial charge in [0.2, 0.25) is 0 Å². The molecule has 0 aromatic heterocycles. The number of rotatable bonds is 4. The van der Waals surface area contributed by atoms with Gasteiger partial charge in [0.15, 0.2) is 5.78 Å². The number of ketones is 1. The van der Waals surface area contributed by atoms with Gasteiger partial charge in [0.25, 0.3) is 0 Å². The number of hydrogen-bond donors (Lipinski definition) is 0. The van der Waals surface area contributed by atoms with Crippen molar-refractivity contribution in [2.75, 3.05) is 37.6 Å². The molecule has 1 fully saturated rings. The van der Waals surface area contributed by atoms with Crippen molar-refractivity contribution in [2.45, 2.75) is 13.8 Å². The van der Waals surface area contributed by atoms with Crippen LogP contribution in [0.4, 0.5) is 5.69 Å². The number of anilines is 1. The highest BCUT2D eigenvalue weighted by Crippen LogP contribution is 2.17. The molecule has 0 N–H and O–H groups in total. The first-order chi connectivity index (χ1) is 11.1. The van der Waals surface area contributed by atoms with E-state index in [2.05, 4.69) is 41.0 Å². The Kier molecular flexibility index (Phi) is 4.77. The molecule has 0 amide bonds. The molecule has 1 heterocycles. The lowest BCUT2D eigenvalue weighted by molar-refractivity contribution is 0.0926. The van der Waals surface area contributed by atoms with Gasteiger partial charge in [-0.3, -0.25) is 9.69 Å². The number of hydrogen-bond acceptors (Lipinski definition) is 3. The summed E-state index contributed by atoms with van der Waals surface area (Å²) >= 11 is 0. The third-order valence-electron chi connectivity index (χ3n) is 4.51. The largest absolute Gasteiger partial charge is 0.369 e. The monoisotopic (exact) mass is 308 g/mol. The lowest BCUT2D eigenvalue weighted by atomic mass is 10.1. The standard InChI is InChI=1S/C20H24N2O/c1-16-3-7-18(8-4-16)20(23)15-21-11-13-22(14-12-21)19-9-5-17(2)6-10-19/h3-10H,11-15H2,1-2H3. The van der Waals surface area contributed by atoms with Gasteiger partial charge in [0.05, 0.1) is 6.54 Å². The average Bonchev–Trinajstić information content (AvgIpc) is 2.57. The number of benzene rings is 2. The Balaban J connectivity index is 1.53. The molecule has 0 radical (unpaired) electrons. The zero-order valence-corrected chi connectivity index (χ0v) is 14.0. The van der Waals surface area contributed by atoms with Gasteiger partial charge in [0.1, 0.15) is 0 Å². The van der Waals surface area contributed by atoms with Gasteiger partial charge in [-0.2, -0.15) is 0 Å². The molecular formula is C20H24N2O. The fourth-order valence-electron chi connectivity index (χ4n) is 2.95. The first-order valence-electron chi connectivity index (χ1n) is 8.26. The molecule has 3 nitrogen and oxygen atoms in total. The maximum absolute atomic E-state index is 12.4. The Bertz CT molecular complexity index is 653. The second-order valence-electron chi connectivity index (χ2n) is 6.39. The van der Waals surface area contributed by atoms with E-state index >= 15 is 0 Å². The Hall–Kier alpha value is -2.13. The van der Waals surface area contributed by atoms with Crippen molar-refractivity contribution in [3.05, 3.63) is 65.2 Å². The molecule has 3 heteroatoms. The lowest BCUT2D eigenvalue weighted by Gasteiger charge is -2.35. The summed E-state index contributed by atoms with van der Waals surface area (Å²) in [6.45, 7) is 8.49. The molecule has 0 bridgehead atoms. The fraction of sp³-hybridized carbons (Fsp3) is 0.350. The van der Waals surface area contributed by atoms with Crippen LogP contribution >= 0.6 is 0 Å². The van der Waals surface area contributed by atoms with Gasteiger partial charge in [-0.15, -0.1) is 0 Å². The van der Waals surface area contributed by atoms with E-state index in [1.165, 1.54) is 16.8 Å². The van der Waals surface area contributed by atoms with Gasteiger partial charge in [-0.25, -0.2) is 0 Å².